The van der Waals surface area contributed by atoms with Gasteiger partial charge in [-0.1, -0.05) is 6.07 Å². The van der Waals surface area contributed by atoms with E-state index in [1.54, 1.807) is 4.90 Å². The fraction of sp³-hybridized carbons (Fsp3) is 0.261. The monoisotopic (exact) mass is 549 g/mol. The number of methoxy groups -OCH3 is 1. The fourth-order valence-corrected chi connectivity index (χ4v) is 5.36. The lowest BCUT2D eigenvalue weighted by molar-refractivity contribution is 0.199. The van der Waals surface area contributed by atoms with Crippen LogP contribution in [0, 0.1) is 11.6 Å². The van der Waals surface area contributed by atoms with Crippen molar-refractivity contribution >= 4 is 25.3 Å². The molecule has 4 N–H and O–H groups in total. The minimum atomic E-state index is -4.57. The molecule has 15 heteroatoms. The summed E-state index contributed by atoms with van der Waals surface area (Å²) in [6.07, 6.45) is 0.302. The second-order valence-corrected chi connectivity index (χ2v) is 9.90. The third kappa shape index (κ3) is 4.93. The Morgan fingerprint density at radius 1 is 1.32 bits per heavy atom. The standard InChI is InChI=1S/C23H22F2N5O7P/c1-34-18-4-2-3-15(25)20(18)21-27-9-19-22(29-21)36-38(33,35-19)37-23(32)28-16-7-12(24)5-6-17(16)30-10-13(26)8-14(30)11-31/h2-7,9,13-14,31H,8,10-11,26H2,1H3,(H,28,32)/t13-,14-,38?/m0/s1. The molecule has 3 atom stereocenters. The van der Waals surface area contributed by atoms with Crippen LogP contribution in [0.5, 0.6) is 17.4 Å². The van der Waals surface area contributed by atoms with Crippen molar-refractivity contribution in [1.82, 2.24) is 9.97 Å². The number of nitrogens with two attached hydrogens (primary N) is 1. The van der Waals surface area contributed by atoms with Crippen LogP contribution in [0.2, 0.25) is 0 Å². The number of carbonyl (C=O) groups excluding carboxylic acids is 1. The van der Waals surface area contributed by atoms with Gasteiger partial charge in [0.05, 0.1) is 42.9 Å². The Morgan fingerprint density at radius 3 is 2.89 bits per heavy atom. The number of anilines is 2. The van der Waals surface area contributed by atoms with Crippen LogP contribution in [0.25, 0.3) is 11.4 Å². The van der Waals surface area contributed by atoms with Crippen molar-refractivity contribution in [3.63, 3.8) is 0 Å². The van der Waals surface area contributed by atoms with Crippen molar-refractivity contribution in [1.29, 1.82) is 0 Å². The molecule has 0 aliphatic carbocycles. The van der Waals surface area contributed by atoms with E-state index < -0.39 is 25.6 Å². The van der Waals surface area contributed by atoms with Crippen molar-refractivity contribution < 1.29 is 41.6 Å². The summed E-state index contributed by atoms with van der Waals surface area (Å²) in [6, 6.07) is 7.19. The molecule has 2 aliphatic rings. The molecule has 0 bridgehead atoms. The molecule has 1 aromatic heterocycles. The van der Waals surface area contributed by atoms with E-state index in [0.29, 0.717) is 18.7 Å². The number of phosphoric acid groups is 1. The quantitative estimate of drug-likeness (QED) is 0.387. The van der Waals surface area contributed by atoms with Crippen LogP contribution in [-0.2, 0) is 9.09 Å². The second-order valence-electron chi connectivity index (χ2n) is 8.46. The molecule has 0 radical (unpaired) electrons. The van der Waals surface area contributed by atoms with Gasteiger partial charge in [-0.2, -0.15) is 9.55 Å². The van der Waals surface area contributed by atoms with Gasteiger partial charge in [-0.05, 0) is 36.8 Å². The number of fused-ring (bicyclic) bond motifs is 1. The van der Waals surface area contributed by atoms with Gasteiger partial charge < -0.3 is 34.0 Å². The van der Waals surface area contributed by atoms with Crippen molar-refractivity contribution in [3.05, 3.63) is 54.2 Å². The third-order valence-electron chi connectivity index (χ3n) is 5.91. The maximum Gasteiger partial charge on any atom is 0.652 e. The molecule has 1 fully saturated rings. The molecule has 3 heterocycles. The predicted octanol–water partition coefficient (Wildman–Crippen LogP) is 3.46. The Morgan fingerprint density at radius 2 is 2.13 bits per heavy atom. The van der Waals surface area contributed by atoms with E-state index in [9.17, 15) is 23.2 Å². The largest absolute Gasteiger partial charge is 0.652 e. The van der Waals surface area contributed by atoms with Crippen LogP contribution in [0.4, 0.5) is 25.0 Å². The Labute approximate surface area is 214 Å². The molecule has 2 aromatic carbocycles. The van der Waals surface area contributed by atoms with Crippen molar-refractivity contribution in [2.24, 2.45) is 5.73 Å². The Hall–Kier alpha value is -4.00. The van der Waals surface area contributed by atoms with Gasteiger partial charge in [-0.3, -0.25) is 5.32 Å². The normalized spacial score (nSPS) is 21.9. The molecule has 1 saturated heterocycles. The summed E-state index contributed by atoms with van der Waals surface area (Å²) in [5, 5.41) is 12.0. The van der Waals surface area contributed by atoms with Crippen LogP contribution in [-0.4, -0.2) is 53.5 Å². The number of halogens is 2. The summed E-state index contributed by atoms with van der Waals surface area (Å²) in [7, 11) is -3.23. The van der Waals surface area contributed by atoms with E-state index in [-0.39, 0.29) is 53.1 Å². The van der Waals surface area contributed by atoms with Gasteiger partial charge in [-0.15, -0.1) is 0 Å². The first-order valence-electron chi connectivity index (χ1n) is 11.3. The number of nitrogens with one attached hydrogen (secondary N) is 1. The third-order valence-corrected chi connectivity index (χ3v) is 7.11. The molecule has 0 saturated carbocycles. The second kappa shape index (κ2) is 10.0. The number of aliphatic hydroxyl groups excluding tert-OH is 1. The number of hydrogen-bond donors (Lipinski definition) is 3. The highest BCUT2D eigenvalue weighted by Gasteiger charge is 2.44. The zero-order valence-electron chi connectivity index (χ0n) is 19.8. The number of ether oxygens (including phenoxy) is 1. The number of hydrogen-bond acceptors (Lipinski definition) is 11. The highest BCUT2D eigenvalue weighted by molar-refractivity contribution is 7.50. The first-order chi connectivity index (χ1) is 18.2. The summed E-state index contributed by atoms with van der Waals surface area (Å²) in [5.41, 5.74) is 6.30. The molecular formula is C23H22F2N5O7P. The van der Waals surface area contributed by atoms with Crippen LogP contribution >= 0.6 is 7.82 Å². The molecule has 1 unspecified atom stereocenters. The number of nitrogens with zero attached hydrogens (tertiary/aromatic N) is 3. The molecule has 12 nitrogen and oxygen atoms in total. The molecule has 200 valence electrons. The van der Waals surface area contributed by atoms with Crippen molar-refractivity contribution in [2.45, 2.75) is 18.5 Å². The van der Waals surface area contributed by atoms with E-state index in [1.807, 2.05) is 0 Å². The predicted molar refractivity (Wildman–Crippen MR) is 130 cm³/mol. The molecule has 2 aliphatic heterocycles. The zero-order valence-corrected chi connectivity index (χ0v) is 20.7. The van der Waals surface area contributed by atoms with Crippen LogP contribution in [0.15, 0.2) is 42.6 Å². The summed E-state index contributed by atoms with van der Waals surface area (Å²) < 4.78 is 61.9. The zero-order chi connectivity index (χ0) is 27.0. The highest BCUT2D eigenvalue weighted by atomic mass is 31.2. The average Bonchev–Trinajstić information content (AvgIpc) is 3.41. The summed E-state index contributed by atoms with van der Waals surface area (Å²) in [5.74, 6) is -1.88. The fourth-order valence-electron chi connectivity index (χ4n) is 4.29. The smallest absolute Gasteiger partial charge is 0.496 e. The van der Waals surface area contributed by atoms with Crippen LogP contribution in [0.3, 0.4) is 0 Å². The number of aromatic nitrogens is 2. The lowest BCUT2D eigenvalue weighted by Gasteiger charge is -2.27. The number of aliphatic hydroxyl groups is 1. The number of benzene rings is 2. The topological polar surface area (TPSA) is 158 Å². The summed E-state index contributed by atoms with van der Waals surface area (Å²) in [4.78, 5) is 22.4. The van der Waals surface area contributed by atoms with Gasteiger partial charge >= 0.3 is 13.9 Å². The number of rotatable bonds is 6. The number of phosphoric ester groups is 1. The molecule has 38 heavy (non-hydrogen) atoms. The van der Waals surface area contributed by atoms with E-state index in [0.717, 1.165) is 12.3 Å². The first-order valence-corrected chi connectivity index (χ1v) is 12.8. The Kier molecular flexibility index (Phi) is 6.78. The van der Waals surface area contributed by atoms with E-state index in [2.05, 4.69) is 15.3 Å². The molecule has 1 amide bonds. The van der Waals surface area contributed by atoms with E-state index in [1.165, 1.54) is 37.4 Å². The maximum atomic E-state index is 14.4. The van der Waals surface area contributed by atoms with Gasteiger partial charge in [0.1, 0.15) is 17.4 Å². The minimum Gasteiger partial charge on any atom is -0.496 e. The molecular weight excluding hydrogens is 527 g/mol. The Bertz CT molecular complexity index is 1450. The molecule has 5 rings (SSSR count). The summed E-state index contributed by atoms with van der Waals surface area (Å²) in [6.45, 7) is 0.153. The van der Waals surface area contributed by atoms with Gasteiger partial charge in [0.25, 0.3) is 5.88 Å². The van der Waals surface area contributed by atoms with Crippen molar-refractivity contribution in [3.8, 4) is 28.8 Å². The summed E-state index contributed by atoms with van der Waals surface area (Å²) >= 11 is 0. The van der Waals surface area contributed by atoms with Gasteiger partial charge in [0.2, 0.25) is 5.75 Å². The van der Waals surface area contributed by atoms with Gasteiger partial charge in [0, 0.05) is 12.6 Å². The van der Waals surface area contributed by atoms with Crippen LogP contribution in [0.1, 0.15) is 6.42 Å². The van der Waals surface area contributed by atoms with E-state index >= 15 is 0 Å². The van der Waals surface area contributed by atoms with Crippen LogP contribution < -0.4 is 29.7 Å². The number of carbonyl (C=O) groups is 1. The lowest BCUT2D eigenvalue weighted by Crippen LogP contribution is -2.33. The molecule has 0 spiro atoms. The maximum absolute atomic E-state index is 14.4. The SMILES string of the molecule is COc1cccc(F)c1-c1ncc2c(n1)OP(=O)(OC(=O)Nc1cc(F)ccc1N1C[C@@H](N)C[C@H]1CO)O2. The average molecular weight is 549 g/mol. The molecule has 3 aromatic rings. The lowest BCUT2D eigenvalue weighted by atomic mass is 10.1. The minimum absolute atomic E-state index is 0.0143. The van der Waals surface area contributed by atoms with Gasteiger partial charge in [0.15, 0.2) is 5.82 Å². The first kappa shape index (κ1) is 25.6. The van der Waals surface area contributed by atoms with Crippen molar-refractivity contribution in [2.75, 3.05) is 30.5 Å². The van der Waals surface area contributed by atoms with E-state index in [4.69, 9.17) is 24.0 Å². The number of amides is 1. The highest BCUT2D eigenvalue weighted by Crippen LogP contribution is 2.58. The van der Waals surface area contributed by atoms with Gasteiger partial charge in [-0.25, -0.2) is 18.6 Å². The Balaban J connectivity index is 1.34.